The van der Waals surface area contributed by atoms with Gasteiger partial charge in [0.15, 0.2) is 0 Å². The summed E-state index contributed by atoms with van der Waals surface area (Å²) in [5, 5.41) is 14.4. The van der Waals surface area contributed by atoms with Gasteiger partial charge < -0.3 is 25.2 Å². The van der Waals surface area contributed by atoms with Gasteiger partial charge in [0.05, 0.1) is 6.61 Å². The maximum absolute atomic E-state index is 12.6. The molecule has 2 aliphatic rings. The number of likely N-dealkylation sites (N-methyl/N-ethyl adjacent to an activating group) is 1. The maximum atomic E-state index is 12.6. The fraction of sp³-hybridized carbons (Fsp3) is 0.591. The van der Waals surface area contributed by atoms with Gasteiger partial charge in [-0.1, -0.05) is 6.07 Å². The summed E-state index contributed by atoms with van der Waals surface area (Å²) < 4.78 is 0. The molecule has 6 heteroatoms. The summed E-state index contributed by atoms with van der Waals surface area (Å²) in [6.07, 6.45) is 1.98. The fourth-order valence-corrected chi connectivity index (χ4v) is 5.32. The van der Waals surface area contributed by atoms with Crippen LogP contribution < -0.4 is 5.32 Å². The number of aromatic amines is 1. The van der Waals surface area contributed by atoms with Gasteiger partial charge in [-0.2, -0.15) is 0 Å². The van der Waals surface area contributed by atoms with E-state index in [4.69, 9.17) is 0 Å². The number of rotatable bonds is 4. The molecule has 0 radical (unpaired) electrons. The highest BCUT2D eigenvalue weighted by Gasteiger charge is 2.40. The Morgan fingerprint density at radius 3 is 2.79 bits per heavy atom. The van der Waals surface area contributed by atoms with E-state index in [1.165, 1.54) is 22.2 Å². The SMILES string of the molecule is CCN(CC)C(=O)N[C@H]1C[C@@H]2c3cc(CO)cc4[nH]c(C)c(c34)C[C@H]2N(C)C1. The number of hydrogen-bond acceptors (Lipinski definition) is 3. The molecule has 1 aliphatic carbocycles. The number of aryl methyl sites for hydroxylation is 1. The molecule has 0 saturated carbocycles. The Hall–Kier alpha value is -2.05. The quantitative estimate of drug-likeness (QED) is 0.759. The first-order valence-corrected chi connectivity index (χ1v) is 10.5. The van der Waals surface area contributed by atoms with Crippen LogP contribution in [0.5, 0.6) is 0 Å². The molecule has 2 amide bonds. The lowest BCUT2D eigenvalue weighted by Gasteiger charge is -2.46. The second-order valence-electron chi connectivity index (χ2n) is 8.37. The molecule has 152 valence electrons. The number of hydrogen-bond donors (Lipinski definition) is 3. The van der Waals surface area contributed by atoms with Crippen molar-refractivity contribution in [3.8, 4) is 0 Å². The lowest BCUT2D eigenvalue weighted by atomic mass is 9.73. The minimum atomic E-state index is 0.0325. The summed E-state index contributed by atoms with van der Waals surface area (Å²) in [6.45, 7) is 8.54. The van der Waals surface area contributed by atoms with Crippen LogP contribution in [0.25, 0.3) is 10.9 Å². The van der Waals surface area contributed by atoms with Gasteiger partial charge >= 0.3 is 6.03 Å². The number of fused-ring (bicyclic) bond motifs is 2. The third kappa shape index (κ3) is 3.08. The number of benzene rings is 1. The van der Waals surface area contributed by atoms with Gasteiger partial charge in [0.25, 0.3) is 0 Å². The molecule has 3 N–H and O–H groups in total. The van der Waals surface area contributed by atoms with Crippen molar-refractivity contribution in [1.29, 1.82) is 0 Å². The van der Waals surface area contributed by atoms with Gasteiger partial charge in [-0.15, -0.1) is 0 Å². The normalized spacial score (nSPS) is 24.2. The van der Waals surface area contributed by atoms with E-state index in [0.717, 1.165) is 43.6 Å². The van der Waals surface area contributed by atoms with E-state index in [0.29, 0.717) is 12.0 Å². The number of aliphatic hydroxyl groups is 1. The molecule has 3 atom stereocenters. The lowest BCUT2D eigenvalue weighted by Crippen LogP contribution is -2.56. The summed E-state index contributed by atoms with van der Waals surface area (Å²) in [5.74, 6) is 0.359. The predicted octanol–water partition coefficient (Wildman–Crippen LogP) is 2.73. The number of H-pyrrole nitrogens is 1. The van der Waals surface area contributed by atoms with Crippen LogP contribution in [0.15, 0.2) is 12.1 Å². The van der Waals surface area contributed by atoms with Gasteiger partial charge in [-0.25, -0.2) is 4.79 Å². The topological polar surface area (TPSA) is 71.6 Å². The highest BCUT2D eigenvalue weighted by Crippen LogP contribution is 2.44. The zero-order valence-corrected chi connectivity index (χ0v) is 17.4. The average Bonchev–Trinajstić information content (AvgIpc) is 2.99. The summed E-state index contributed by atoms with van der Waals surface area (Å²) >= 11 is 0. The van der Waals surface area contributed by atoms with Crippen molar-refractivity contribution in [1.82, 2.24) is 20.1 Å². The van der Waals surface area contributed by atoms with Gasteiger partial charge in [0.1, 0.15) is 0 Å². The average molecular weight is 385 g/mol. The maximum Gasteiger partial charge on any atom is 0.317 e. The van der Waals surface area contributed by atoms with Crippen LogP contribution in [0, 0.1) is 6.92 Å². The first-order chi connectivity index (χ1) is 13.5. The standard InChI is InChI=1S/C22H32N4O2/c1-5-26(6-2)22(28)24-15-9-17-18-7-14(12-27)8-19-21(18)16(13(3)23-19)10-20(17)25(4)11-15/h7-8,15,17,20,23,27H,5-6,9-12H2,1-4H3,(H,24,28)/t15-,17+,20+/m0/s1. The van der Waals surface area contributed by atoms with Crippen LogP contribution in [-0.2, 0) is 13.0 Å². The minimum absolute atomic E-state index is 0.0325. The van der Waals surface area contributed by atoms with Gasteiger partial charge in [-0.3, -0.25) is 0 Å². The van der Waals surface area contributed by atoms with Crippen LogP contribution in [0.1, 0.15) is 48.6 Å². The number of carbonyl (C=O) groups is 1. The number of carbonyl (C=O) groups excluding carboxylic acids is 1. The number of aliphatic hydroxyl groups excluding tert-OH is 1. The van der Waals surface area contributed by atoms with Gasteiger partial charge in [0, 0.05) is 54.2 Å². The van der Waals surface area contributed by atoms with Crippen molar-refractivity contribution in [2.45, 2.75) is 58.2 Å². The molecule has 0 spiro atoms. The molecule has 2 heterocycles. The van der Waals surface area contributed by atoms with Crippen LogP contribution in [-0.4, -0.2) is 64.7 Å². The Balaban J connectivity index is 1.68. The third-order valence-electron chi connectivity index (χ3n) is 6.76. The Morgan fingerprint density at radius 2 is 2.11 bits per heavy atom. The van der Waals surface area contributed by atoms with E-state index in [-0.39, 0.29) is 18.7 Å². The van der Waals surface area contributed by atoms with Crippen molar-refractivity contribution >= 4 is 16.9 Å². The summed E-state index contributed by atoms with van der Waals surface area (Å²) in [7, 11) is 2.17. The first kappa shape index (κ1) is 19.3. The van der Waals surface area contributed by atoms with Crippen molar-refractivity contribution in [2.24, 2.45) is 0 Å². The molecule has 6 nitrogen and oxygen atoms in total. The van der Waals surface area contributed by atoms with E-state index < -0.39 is 0 Å². The molecular formula is C22H32N4O2. The van der Waals surface area contributed by atoms with E-state index in [1.54, 1.807) is 0 Å². The van der Waals surface area contributed by atoms with E-state index >= 15 is 0 Å². The Morgan fingerprint density at radius 1 is 1.36 bits per heavy atom. The molecule has 28 heavy (non-hydrogen) atoms. The zero-order chi connectivity index (χ0) is 20.0. The molecule has 1 aromatic carbocycles. The summed E-state index contributed by atoms with van der Waals surface area (Å²) in [6, 6.07) is 4.85. The first-order valence-electron chi connectivity index (χ1n) is 10.5. The highest BCUT2D eigenvalue weighted by molar-refractivity contribution is 5.90. The highest BCUT2D eigenvalue weighted by atomic mass is 16.3. The molecule has 0 bridgehead atoms. The molecule has 1 saturated heterocycles. The number of aromatic nitrogens is 1. The van der Waals surface area contributed by atoms with Crippen LogP contribution >= 0.6 is 0 Å². The van der Waals surface area contributed by atoms with Crippen LogP contribution in [0.2, 0.25) is 0 Å². The Bertz CT molecular complexity index is 886. The number of piperidine rings is 1. The number of nitrogens with zero attached hydrogens (tertiary/aromatic N) is 2. The largest absolute Gasteiger partial charge is 0.392 e. The Labute approximate surface area is 166 Å². The number of likely N-dealkylation sites (tertiary alicyclic amines) is 1. The molecule has 1 aliphatic heterocycles. The minimum Gasteiger partial charge on any atom is -0.392 e. The lowest BCUT2D eigenvalue weighted by molar-refractivity contribution is 0.124. The van der Waals surface area contributed by atoms with E-state index in [1.807, 2.05) is 18.7 Å². The number of nitrogens with one attached hydrogen (secondary N) is 2. The smallest absolute Gasteiger partial charge is 0.317 e. The van der Waals surface area contributed by atoms with Crippen molar-refractivity contribution < 1.29 is 9.90 Å². The monoisotopic (exact) mass is 384 g/mol. The third-order valence-corrected chi connectivity index (χ3v) is 6.76. The summed E-state index contributed by atoms with van der Waals surface area (Å²) in [4.78, 5) is 20.4. The van der Waals surface area contributed by atoms with Gasteiger partial charge in [-0.05, 0) is 63.4 Å². The molecular weight excluding hydrogens is 352 g/mol. The number of urea groups is 1. The summed E-state index contributed by atoms with van der Waals surface area (Å²) in [5.41, 5.74) is 6.05. The van der Waals surface area contributed by atoms with Crippen LogP contribution in [0.4, 0.5) is 4.79 Å². The van der Waals surface area contributed by atoms with Crippen molar-refractivity contribution in [3.63, 3.8) is 0 Å². The van der Waals surface area contributed by atoms with Gasteiger partial charge in [0.2, 0.25) is 0 Å². The molecule has 4 rings (SSSR count). The second-order valence-corrected chi connectivity index (χ2v) is 8.37. The zero-order valence-electron chi connectivity index (χ0n) is 17.4. The fourth-order valence-electron chi connectivity index (χ4n) is 5.32. The van der Waals surface area contributed by atoms with E-state index in [9.17, 15) is 9.90 Å². The van der Waals surface area contributed by atoms with Crippen molar-refractivity contribution in [2.75, 3.05) is 26.7 Å². The predicted molar refractivity (Wildman–Crippen MR) is 112 cm³/mol. The molecule has 1 aromatic heterocycles. The van der Waals surface area contributed by atoms with Crippen LogP contribution in [0.3, 0.4) is 0 Å². The molecule has 2 aromatic rings. The number of amides is 2. The Kier molecular flexibility index (Phi) is 5.10. The van der Waals surface area contributed by atoms with E-state index in [2.05, 4.69) is 41.3 Å². The molecule has 0 unspecified atom stereocenters. The molecule has 1 fully saturated rings. The second kappa shape index (κ2) is 7.41. The van der Waals surface area contributed by atoms with Crippen molar-refractivity contribution in [3.05, 3.63) is 34.5 Å².